The fraction of sp³-hybridized carbons (Fsp3) is 0.762. The van der Waals surface area contributed by atoms with Gasteiger partial charge in [0.1, 0.15) is 0 Å². The van der Waals surface area contributed by atoms with E-state index >= 15 is 0 Å². The number of hydrogen-bond acceptors (Lipinski definition) is 3. The van der Waals surface area contributed by atoms with Gasteiger partial charge in [0, 0.05) is 19.8 Å². The summed E-state index contributed by atoms with van der Waals surface area (Å²) in [5.74, 6) is 1.88. The molecule has 0 spiro atoms. The molecule has 0 aromatic heterocycles. The normalized spacial score (nSPS) is 46.0. The first kappa shape index (κ1) is 17.0. The van der Waals surface area contributed by atoms with E-state index in [0.717, 1.165) is 32.1 Å². The first-order chi connectivity index (χ1) is 11.8. The molecule has 4 heteroatoms. The maximum absolute atomic E-state index is 12.7. The number of hydrogen-bond donors (Lipinski definition) is 1. The van der Waals surface area contributed by atoms with Crippen LogP contribution in [0.4, 0.5) is 0 Å². The molecule has 0 aliphatic heterocycles. The summed E-state index contributed by atoms with van der Waals surface area (Å²) in [7, 11) is 0. The van der Waals surface area contributed by atoms with Crippen LogP contribution in [0, 0.1) is 28.6 Å². The first-order valence-electron chi connectivity index (χ1n) is 9.79. The molecule has 136 valence electrons. The summed E-state index contributed by atoms with van der Waals surface area (Å²) in [6.07, 6.45) is 8.33. The average Bonchev–Trinajstić information content (AvgIpc) is 2.79. The Bertz CT molecular complexity index is 681. The van der Waals surface area contributed by atoms with E-state index in [2.05, 4.69) is 19.2 Å². The third kappa shape index (κ3) is 2.36. The van der Waals surface area contributed by atoms with Gasteiger partial charge in [-0.05, 0) is 66.8 Å². The minimum absolute atomic E-state index is 0.103. The van der Waals surface area contributed by atoms with E-state index in [9.17, 15) is 14.4 Å². The van der Waals surface area contributed by atoms with Crippen LogP contribution in [-0.4, -0.2) is 23.5 Å². The van der Waals surface area contributed by atoms with Crippen molar-refractivity contribution in [3.8, 4) is 0 Å². The van der Waals surface area contributed by atoms with Crippen LogP contribution in [0.5, 0.6) is 0 Å². The van der Waals surface area contributed by atoms with E-state index in [0.29, 0.717) is 30.6 Å². The van der Waals surface area contributed by atoms with Gasteiger partial charge in [-0.1, -0.05) is 19.4 Å². The molecule has 4 aliphatic carbocycles. The Morgan fingerprint density at radius 1 is 1.12 bits per heavy atom. The Labute approximate surface area is 149 Å². The van der Waals surface area contributed by atoms with Gasteiger partial charge < -0.3 is 5.32 Å². The lowest BCUT2D eigenvalue weighted by Crippen LogP contribution is -2.54. The number of carbonyl (C=O) groups is 3. The smallest absolute Gasteiger partial charge is 0.217 e. The zero-order valence-electron chi connectivity index (χ0n) is 15.6. The van der Waals surface area contributed by atoms with E-state index in [1.807, 2.05) is 6.08 Å². The highest BCUT2D eigenvalue weighted by Gasteiger charge is 2.61. The molecule has 4 aliphatic rings. The number of nitrogens with one attached hydrogen (secondary N) is 1. The minimum Gasteiger partial charge on any atom is -0.346 e. The quantitative estimate of drug-likeness (QED) is 0.795. The second kappa shape index (κ2) is 5.52. The van der Waals surface area contributed by atoms with Crippen LogP contribution >= 0.6 is 0 Å². The van der Waals surface area contributed by atoms with E-state index in [-0.39, 0.29) is 34.3 Å². The predicted molar refractivity (Wildman–Crippen MR) is 94.7 cm³/mol. The molecular weight excluding hydrogens is 314 g/mol. The molecule has 0 saturated heterocycles. The molecule has 0 bridgehead atoms. The first-order valence-corrected chi connectivity index (χ1v) is 9.79. The molecular formula is C21H29NO3. The average molecular weight is 343 g/mol. The fourth-order valence-corrected chi connectivity index (χ4v) is 6.80. The van der Waals surface area contributed by atoms with Crippen molar-refractivity contribution in [2.75, 3.05) is 0 Å². The van der Waals surface area contributed by atoms with Gasteiger partial charge in [-0.15, -0.1) is 0 Å². The van der Waals surface area contributed by atoms with E-state index in [1.54, 1.807) is 0 Å². The number of rotatable bonds is 1. The topological polar surface area (TPSA) is 63.2 Å². The van der Waals surface area contributed by atoms with Gasteiger partial charge in [0.05, 0.1) is 6.04 Å². The van der Waals surface area contributed by atoms with Crippen LogP contribution in [0.25, 0.3) is 0 Å². The Kier molecular flexibility index (Phi) is 3.75. The molecule has 0 aromatic rings. The predicted octanol–water partition coefficient (Wildman–Crippen LogP) is 3.20. The molecule has 6 atom stereocenters. The Hall–Kier alpha value is -1.45. The van der Waals surface area contributed by atoms with E-state index < -0.39 is 0 Å². The largest absolute Gasteiger partial charge is 0.346 e. The van der Waals surface area contributed by atoms with Crippen molar-refractivity contribution in [1.82, 2.24) is 5.32 Å². The van der Waals surface area contributed by atoms with Gasteiger partial charge in [-0.2, -0.15) is 0 Å². The van der Waals surface area contributed by atoms with Crippen LogP contribution in [0.2, 0.25) is 0 Å². The summed E-state index contributed by atoms with van der Waals surface area (Å²) in [6, 6.07) is -0.311. The van der Waals surface area contributed by atoms with Gasteiger partial charge in [0.15, 0.2) is 11.6 Å². The standard InChI is InChI=1S/C21H29NO3/c1-12(23)22-19-18(25)11-17-15-5-4-13-10-14(24)6-8-20(13,2)16(15)7-9-21(17,19)3/h10,15-17,19H,4-9,11H2,1-3H3,(H,22,23)/t15-,16+,17-,19+,20-,21-/m0/s1. The third-order valence-corrected chi connectivity index (χ3v) is 8.15. The fourth-order valence-electron chi connectivity index (χ4n) is 6.80. The molecule has 1 amide bonds. The number of carbonyl (C=O) groups excluding carboxylic acids is 3. The lowest BCUT2D eigenvalue weighted by atomic mass is 9.47. The number of Topliss-reactive ketones (excluding diaryl/α,β-unsaturated/α-hetero) is 1. The third-order valence-electron chi connectivity index (χ3n) is 8.15. The Morgan fingerprint density at radius 2 is 1.88 bits per heavy atom. The summed E-state index contributed by atoms with van der Waals surface area (Å²) < 4.78 is 0. The summed E-state index contributed by atoms with van der Waals surface area (Å²) in [5, 5.41) is 2.95. The maximum Gasteiger partial charge on any atom is 0.217 e. The van der Waals surface area contributed by atoms with Gasteiger partial charge >= 0.3 is 0 Å². The zero-order chi connectivity index (χ0) is 18.0. The molecule has 25 heavy (non-hydrogen) atoms. The highest BCUT2D eigenvalue weighted by atomic mass is 16.2. The molecule has 4 nitrogen and oxygen atoms in total. The van der Waals surface area contributed by atoms with Crippen molar-refractivity contribution in [3.63, 3.8) is 0 Å². The molecule has 1 N–H and O–H groups in total. The van der Waals surface area contributed by atoms with Crippen molar-refractivity contribution in [2.24, 2.45) is 28.6 Å². The van der Waals surface area contributed by atoms with Gasteiger partial charge in [0.2, 0.25) is 5.91 Å². The van der Waals surface area contributed by atoms with E-state index in [4.69, 9.17) is 0 Å². The number of allylic oxidation sites excluding steroid dienone is 1. The lowest BCUT2D eigenvalue weighted by molar-refractivity contribution is -0.127. The monoisotopic (exact) mass is 343 g/mol. The van der Waals surface area contributed by atoms with Crippen molar-refractivity contribution in [2.45, 2.75) is 71.8 Å². The summed E-state index contributed by atoms with van der Waals surface area (Å²) in [4.78, 5) is 36.2. The van der Waals surface area contributed by atoms with Crippen LogP contribution in [0.15, 0.2) is 11.6 Å². The molecule has 4 rings (SSSR count). The number of ketones is 2. The van der Waals surface area contributed by atoms with Crippen LogP contribution in [0.3, 0.4) is 0 Å². The molecule has 0 heterocycles. The van der Waals surface area contributed by atoms with Crippen molar-refractivity contribution in [3.05, 3.63) is 11.6 Å². The number of amides is 1. The number of fused-ring (bicyclic) bond motifs is 5. The molecule has 0 radical (unpaired) electrons. The Morgan fingerprint density at radius 3 is 2.60 bits per heavy atom. The van der Waals surface area contributed by atoms with Crippen LogP contribution < -0.4 is 5.32 Å². The second-order valence-corrected chi connectivity index (χ2v) is 9.32. The van der Waals surface area contributed by atoms with Crippen LogP contribution in [-0.2, 0) is 14.4 Å². The lowest BCUT2D eigenvalue weighted by Gasteiger charge is -2.57. The second-order valence-electron chi connectivity index (χ2n) is 9.32. The molecule has 3 fully saturated rings. The minimum atomic E-state index is -0.311. The summed E-state index contributed by atoms with van der Waals surface area (Å²) in [6.45, 7) is 6.08. The Balaban J connectivity index is 1.66. The van der Waals surface area contributed by atoms with Gasteiger partial charge in [-0.3, -0.25) is 14.4 Å². The van der Waals surface area contributed by atoms with Crippen LogP contribution in [0.1, 0.15) is 65.7 Å². The highest BCUT2D eigenvalue weighted by molar-refractivity contribution is 5.92. The molecule has 0 aromatic carbocycles. The van der Waals surface area contributed by atoms with E-state index in [1.165, 1.54) is 12.5 Å². The molecule has 3 saturated carbocycles. The SMILES string of the molecule is CC(=O)N[C@@H]1C(=O)C[C@H]2[C@H]3CCC4=CC(=O)CC[C@]4(C)[C@@H]3CC[C@]12C. The van der Waals surface area contributed by atoms with Crippen molar-refractivity contribution in [1.29, 1.82) is 0 Å². The van der Waals surface area contributed by atoms with Gasteiger partial charge in [0.25, 0.3) is 0 Å². The molecule has 0 unspecified atom stereocenters. The van der Waals surface area contributed by atoms with Crippen molar-refractivity contribution >= 4 is 17.5 Å². The maximum atomic E-state index is 12.7. The summed E-state index contributed by atoms with van der Waals surface area (Å²) in [5.41, 5.74) is 1.38. The van der Waals surface area contributed by atoms with Gasteiger partial charge in [-0.25, -0.2) is 0 Å². The summed E-state index contributed by atoms with van der Waals surface area (Å²) >= 11 is 0. The highest BCUT2D eigenvalue weighted by Crippen LogP contribution is 2.64. The van der Waals surface area contributed by atoms with Crippen molar-refractivity contribution < 1.29 is 14.4 Å². The zero-order valence-corrected chi connectivity index (χ0v) is 15.6.